The molecule has 0 heterocycles. The standard InChI is InChI=1S/C10H11BrO2/c1-6-4-7(2)9(11)8(5-6)10(12)13-3/h4-5H,1-3H3. The van der Waals surface area contributed by atoms with E-state index in [9.17, 15) is 4.79 Å². The summed E-state index contributed by atoms with van der Waals surface area (Å²) >= 11 is 3.35. The van der Waals surface area contributed by atoms with Crippen LogP contribution in [0.4, 0.5) is 0 Å². The normalized spacial score (nSPS) is 9.85. The van der Waals surface area contributed by atoms with Gasteiger partial charge in [-0.25, -0.2) is 4.79 Å². The van der Waals surface area contributed by atoms with Crippen LogP contribution >= 0.6 is 15.9 Å². The summed E-state index contributed by atoms with van der Waals surface area (Å²) in [6.07, 6.45) is 0. The highest BCUT2D eigenvalue weighted by atomic mass is 79.9. The quantitative estimate of drug-likeness (QED) is 0.709. The van der Waals surface area contributed by atoms with Crippen LogP contribution in [-0.2, 0) is 4.74 Å². The molecule has 3 heteroatoms. The molecular formula is C10H11BrO2. The van der Waals surface area contributed by atoms with Gasteiger partial charge in [-0.1, -0.05) is 6.07 Å². The first-order valence-corrected chi connectivity index (χ1v) is 4.70. The predicted octanol–water partition coefficient (Wildman–Crippen LogP) is 2.85. The van der Waals surface area contributed by atoms with Crippen LogP contribution in [0.2, 0.25) is 0 Å². The molecule has 0 N–H and O–H groups in total. The van der Waals surface area contributed by atoms with Crippen LogP contribution in [0.1, 0.15) is 21.5 Å². The van der Waals surface area contributed by atoms with Crippen molar-refractivity contribution in [3.63, 3.8) is 0 Å². The summed E-state index contributed by atoms with van der Waals surface area (Å²) < 4.78 is 5.47. The van der Waals surface area contributed by atoms with Gasteiger partial charge in [0.2, 0.25) is 0 Å². The number of hydrogen-bond donors (Lipinski definition) is 0. The second kappa shape index (κ2) is 3.92. The summed E-state index contributed by atoms with van der Waals surface area (Å²) in [7, 11) is 1.38. The maximum Gasteiger partial charge on any atom is 0.339 e. The van der Waals surface area contributed by atoms with Crippen molar-refractivity contribution in [2.75, 3.05) is 7.11 Å². The van der Waals surface area contributed by atoms with Crippen molar-refractivity contribution in [3.8, 4) is 0 Å². The van der Waals surface area contributed by atoms with Crippen LogP contribution in [0.25, 0.3) is 0 Å². The number of hydrogen-bond acceptors (Lipinski definition) is 2. The third-order valence-corrected chi connectivity index (χ3v) is 2.86. The lowest BCUT2D eigenvalue weighted by atomic mass is 10.1. The molecule has 0 aliphatic heterocycles. The second-order valence-corrected chi connectivity index (χ2v) is 3.73. The van der Waals surface area contributed by atoms with Crippen LogP contribution in [0.15, 0.2) is 16.6 Å². The number of carbonyl (C=O) groups is 1. The smallest absolute Gasteiger partial charge is 0.339 e. The molecule has 0 radical (unpaired) electrons. The Hall–Kier alpha value is -0.830. The Bertz CT molecular complexity index is 345. The number of rotatable bonds is 1. The summed E-state index contributed by atoms with van der Waals surface area (Å²) in [5.74, 6) is -0.307. The number of aryl methyl sites for hydroxylation is 2. The maximum absolute atomic E-state index is 11.3. The van der Waals surface area contributed by atoms with E-state index in [1.54, 1.807) is 0 Å². The number of esters is 1. The molecule has 1 aromatic rings. The first kappa shape index (κ1) is 10.3. The van der Waals surface area contributed by atoms with E-state index in [2.05, 4.69) is 20.7 Å². The fourth-order valence-corrected chi connectivity index (χ4v) is 1.60. The molecule has 0 spiro atoms. The molecule has 1 rings (SSSR count). The topological polar surface area (TPSA) is 26.3 Å². The highest BCUT2D eigenvalue weighted by molar-refractivity contribution is 9.10. The number of carbonyl (C=O) groups excluding carboxylic acids is 1. The lowest BCUT2D eigenvalue weighted by Gasteiger charge is -2.06. The molecule has 0 aliphatic carbocycles. The van der Waals surface area contributed by atoms with Crippen LogP contribution in [0.3, 0.4) is 0 Å². The SMILES string of the molecule is COC(=O)c1cc(C)cc(C)c1Br. The molecule has 13 heavy (non-hydrogen) atoms. The maximum atomic E-state index is 11.3. The zero-order valence-corrected chi connectivity index (χ0v) is 9.44. The summed E-state index contributed by atoms with van der Waals surface area (Å²) in [5.41, 5.74) is 2.68. The van der Waals surface area contributed by atoms with Gasteiger partial charge >= 0.3 is 5.97 Å². The summed E-state index contributed by atoms with van der Waals surface area (Å²) in [6.45, 7) is 3.90. The number of ether oxygens (including phenoxy) is 1. The Morgan fingerprint density at radius 2 is 2.00 bits per heavy atom. The van der Waals surface area contributed by atoms with E-state index in [1.807, 2.05) is 26.0 Å². The van der Waals surface area contributed by atoms with Gasteiger partial charge in [0.1, 0.15) is 0 Å². The van der Waals surface area contributed by atoms with Crippen molar-refractivity contribution in [2.45, 2.75) is 13.8 Å². The van der Waals surface area contributed by atoms with Gasteiger partial charge in [-0.05, 0) is 47.0 Å². The Morgan fingerprint density at radius 3 is 2.54 bits per heavy atom. The molecule has 0 aliphatic rings. The van der Waals surface area contributed by atoms with Gasteiger partial charge in [0, 0.05) is 4.47 Å². The van der Waals surface area contributed by atoms with E-state index in [1.165, 1.54) is 7.11 Å². The van der Waals surface area contributed by atoms with Gasteiger partial charge in [-0.2, -0.15) is 0 Å². The molecule has 0 aromatic heterocycles. The average Bonchev–Trinajstić information content (AvgIpc) is 2.10. The first-order chi connectivity index (χ1) is 6.06. The fourth-order valence-electron chi connectivity index (χ4n) is 1.21. The Morgan fingerprint density at radius 1 is 1.38 bits per heavy atom. The lowest BCUT2D eigenvalue weighted by Crippen LogP contribution is -2.03. The number of halogens is 1. The summed E-state index contributed by atoms with van der Waals surface area (Å²) in [4.78, 5) is 11.3. The molecule has 0 unspecified atom stereocenters. The Kier molecular flexibility index (Phi) is 3.09. The molecule has 0 saturated heterocycles. The van der Waals surface area contributed by atoms with E-state index in [-0.39, 0.29) is 5.97 Å². The van der Waals surface area contributed by atoms with E-state index < -0.39 is 0 Å². The summed E-state index contributed by atoms with van der Waals surface area (Å²) in [6, 6.07) is 3.82. The predicted molar refractivity (Wildman–Crippen MR) is 55.0 cm³/mol. The van der Waals surface area contributed by atoms with Gasteiger partial charge in [0.25, 0.3) is 0 Å². The van der Waals surface area contributed by atoms with E-state index in [0.717, 1.165) is 15.6 Å². The van der Waals surface area contributed by atoms with Crippen molar-refractivity contribution >= 4 is 21.9 Å². The number of benzene rings is 1. The van der Waals surface area contributed by atoms with Gasteiger partial charge in [0.05, 0.1) is 12.7 Å². The van der Waals surface area contributed by atoms with E-state index in [4.69, 9.17) is 0 Å². The highest BCUT2D eigenvalue weighted by Crippen LogP contribution is 2.23. The fraction of sp³-hybridized carbons (Fsp3) is 0.300. The molecule has 0 saturated carbocycles. The van der Waals surface area contributed by atoms with Crippen LogP contribution in [0, 0.1) is 13.8 Å². The third kappa shape index (κ3) is 2.10. The zero-order chi connectivity index (χ0) is 10.0. The Labute approximate surface area is 86.0 Å². The minimum atomic E-state index is -0.307. The molecular weight excluding hydrogens is 232 g/mol. The second-order valence-electron chi connectivity index (χ2n) is 2.93. The van der Waals surface area contributed by atoms with Crippen molar-refractivity contribution in [1.82, 2.24) is 0 Å². The van der Waals surface area contributed by atoms with Crippen molar-refractivity contribution in [1.29, 1.82) is 0 Å². The van der Waals surface area contributed by atoms with Gasteiger partial charge in [0.15, 0.2) is 0 Å². The van der Waals surface area contributed by atoms with Gasteiger partial charge in [-0.15, -0.1) is 0 Å². The minimum absolute atomic E-state index is 0.307. The number of methoxy groups -OCH3 is 1. The molecule has 70 valence electrons. The largest absolute Gasteiger partial charge is 0.465 e. The molecule has 1 aromatic carbocycles. The molecule has 0 amide bonds. The molecule has 2 nitrogen and oxygen atoms in total. The van der Waals surface area contributed by atoms with Crippen molar-refractivity contribution in [2.24, 2.45) is 0 Å². The molecule has 0 atom stereocenters. The van der Waals surface area contributed by atoms with Crippen LogP contribution in [0.5, 0.6) is 0 Å². The monoisotopic (exact) mass is 242 g/mol. The zero-order valence-electron chi connectivity index (χ0n) is 7.85. The summed E-state index contributed by atoms with van der Waals surface area (Å²) in [5, 5.41) is 0. The third-order valence-electron chi connectivity index (χ3n) is 1.80. The minimum Gasteiger partial charge on any atom is -0.465 e. The molecule has 0 bridgehead atoms. The van der Waals surface area contributed by atoms with Crippen molar-refractivity contribution < 1.29 is 9.53 Å². The van der Waals surface area contributed by atoms with E-state index in [0.29, 0.717) is 5.56 Å². The van der Waals surface area contributed by atoms with Gasteiger partial charge < -0.3 is 4.74 Å². The molecule has 0 fully saturated rings. The van der Waals surface area contributed by atoms with Gasteiger partial charge in [-0.3, -0.25) is 0 Å². The van der Waals surface area contributed by atoms with Crippen molar-refractivity contribution in [3.05, 3.63) is 33.3 Å². The average molecular weight is 243 g/mol. The Balaban J connectivity index is 3.28. The highest BCUT2D eigenvalue weighted by Gasteiger charge is 2.12. The first-order valence-electron chi connectivity index (χ1n) is 3.91. The van der Waals surface area contributed by atoms with Crippen LogP contribution < -0.4 is 0 Å². The lowest BCUT2D eigenvalue weighted by molar-refractivity contribution is 0.0599. The van der Waals surface area contributed by atoms with Crippen LogP contribution in [-0.4, -0.2) is 13.1 Å². The van der Waals surface area contributed by atoms with E-state index >= 15 is 0 Å².